The minimum Gasteiger partial charge on any atom is -0.378 e. The van der Waals surface area contributed by atoms with Crippen LogP contribution in [0.3, 0.4) is 0 Å². The number of morpholine rings is 1. The molecule has 2 fully saturated rings. The van der Waals surface area contributed by atoms with Crippen molar-refractivity contribution in [3.05, 3.63) is 18.2 Å². The number of imidazole rings is 1. The lowest BCUT2D eigenvalue weighted by Gasteiger charge is -2.46. The summed E-state index contributed by atoms with van der Waals surface area (Å²) in [5, 5.41) is 2.98. The summed E-state index contributed by atoms with van der Waals surface area (Å²) in [6, 6.07) is -0.0200. The van der Waals surface area contributed by atoms with Gasteiger partial charge in [0, 0.05) is 58.0 Å². The van der Waals surface area contributed by atoms with Crippen molar-refractivity contribution >= 4 is 11.9 Å². The van der Waals surface area contributed by atoms with Gasteiger partial charge in [-0.2, -0.15) is 0 Å². The van der Waals surface area contributed by atoms with Gasteiger partial charge in [-0.1, -0.05) is 13.3 Å². The lowest BCUT2D eigenvalue weighted by molar-refractivity contribution is -0.182. The molecule has 9 nitrogen and oxygen atoms in total. The van der Waals surface area contributed by atoms with Crippen molar-refractivity contribution in [2.24, 2.45) is 0 Å². The van der Waals surface area contributed by atoms with Crippen LogP contribution in [0, 0.1) is 0 Å². The molecule has 1 N–H and O–H groups in total. The van der Waals surface area contributed by atoms with Crippen LogP contribution in [0.2, 0.25) is 0 Å². The molecule has 1 unspecified atom stereocenters. The van der Waals surface area contributed by atoms with Crippen LogP contribution >= 0.6 is 0 Å². The standard InChI is InChI=1S/C20H31N5O4/c1-2-3-6-22-19(27)24-8-4-20(5-9-24)18-21-7-10-25(18)15-16(29-20)17(26)23-11-13-28-14-12-23/h7,10,16H,2-6,8-9,11-15H2,1H3,(H,22,27). The van der Waals surface area contributed by atoms with Gasteiger partial charge in [-0.3, -0.25) is 4.79 Å². The van der Waals surface area contributed by atoms with Crippen LogP contribution in [0.25, 0.3) is 0 Å². The number of nitrogens with one attached hydrogen (secondary N) is 1. The molecule has 29 heavy (non-hydrogen) atoms. The Labute approximate surface area is 171 Å². The minimum absolute atomic E-state index is 0.0200. The average Bonchev–Trinajstić information content (AvgIpc) is 3.24. The first-order valence-electron chi connectivity index (χ1n) is 10.7. The molecule has 1 aromatic rings. The predicted molar refractivity (Wildman–Crippen MR) is 105 cm³/mol. The fourth-order valence-corrected chi connectivity index (χ4v) is 4.41. The molecule has 1 spiro atoms. The van der Waals surface area contributed by atoms with Gasteiger partial charge in [-0.15, -0.1) is 0 Å². The summed E-state index contributed by atoms with van der Waals surface area (Å²) >= 11 is 0. The van der Waals surface area contributed by atoms with E-state index in [1.54, 1.807) is 6.20 Å². The van der Waals surface area contributed by atoms with E-state index < -0.39 is 11.7 Å². The third kappa shape index (κ3) is 4.11. The van der Waals surface area contributed by atoms with E-state index in [4.69, 9.17) is 9.47 Å². The quantitative estimate of drug-likeness (QED) is 0.754. The maximum Gasteiger partial charge on any atom is 0.317 e. The Hall–Kier alpha value is -2.13. The Bertz CT molecular complexity index is 722. The van der Waals surface area contributed by atoms with Crippen LogP contribution in [-0.2, 0) is 26.4 Å². The molecule has 3 aliphatic rings. The van der Waals surface area contributed by atoms with Crippen molar-refractivity contribution in [1.82, 2.24) is 24.7 Å². The van der Waals surface area contributed by atoms with Gasteiger partial charge >= 0.3 is 6.03 Å². The summed E-state index contributed by atoms with van der Waals surface area (Å²) in [4.78, 5) is 33.7. The molecular formula is C20H31N5O4. The molecule has 4 heterocycles. The Kier molecular flexibility index (Phi) is 6.05. The Morgan fingerprint density at radius 2 is 1.97 bits per heavy atom. The van der Waals surface area contributed by atoms with E-state index in [0.717, 1.165) is 18.7 Å². The zero-order valence-electron chi connectivity index (χ0n) is 17.1. The number of urea groups is 1. The highest BCUT2D eigenvalue weighted by atomic mass is 16.5. The van der Waals surface area contributed by atoms with Crippen LogP contribution in [0.5, 0.6) is 0 Å². The van der Waals surface area contributed by atoms with Gasteiger partial charge in [0.25, 0.3) is 5.91 Å². The fraction of sp³-hybridized carbons (Fsp3) is 0.750. The van der Waals surface area contributed by atoms with Crippen LogP contribution < -0.4 is 5.32 Å². The summed E-state index contributed by atoms with van der Waals surface area (Å²) in [6.07, 6.45) is 6.47. The van der Waals surface area contributed by atoms with E-state index >= 15 is 0 Å². The van der Waals surface area contributed by atoms with Crippen molar-refractivity contribution in [1.29, 1.82) is 0 Å². The highest BCUT2D eigenvalue weighted by Crippen LogP contribution is 2.40. The maximum absolute atomic E-state index is 13.1. The minimum atomic E-state index is -0.617. The first-order chi connectivity index (χ1) is 14.1. The number of ether oxygens (including phenoxy) is 2. The number of likely N-dealkylation sites (tertiary alicyclic amines) is 1. The number of hydrogen-bond donors (Lipinski definition) is 1. The van der Waals surface area contributed by atoms with Crippen molar-refractivity contribution in [2.45, 2.75) is 50.9 Å². The number of fused-ring (bicyclic) bond motifs is 2. The van der Waals surface area contributed by atoms with Gasteiger partial charge in [-0.05, 0) is 6.42 Å². The maximum atomic E-state index is 13.1. The number of carbonyl (C=O) groups is 2. The number of unbranched alkanes of at least 4 members (excludes halogenated alkanes) is 1. The zero-order chi connectivity index (χ0) is 20.3. The SMILES string of the molecule is CCCCNC(=O)N1CCC2(CC1)OC(C(=O)N1CCOCC1)Cn1ccnc12. The van der Waals surface area contributed by atoms with Crippen molar-refractivity contribution in [3.8, 4) is 0 Å². The molecular weight excluding hydrogens is 374 g/mol. The molecule has 4 rings (SSSR count). The molecule has 1 aromatic heterocycles. The summed E-state index contributed by atoms with van der Waals surface area (Å²) in [5.41, 5.74) is -0.617. The first-order valence-corrected chi connectivity index (χ1v) is 10.7. The van der Waals surface area contributed by atoms with E-state index in [9.17, 15) is 9.59 Å². The fourth-order valence-electron chi connectivity index (χ4n) is 4.41. The highest BCUT2D eigenvalue weighted by Gasteiger charge is 2.48. The number of hydrogen-bond acceptors (Lipinski definition) is 5. The molecule has 0 aromatic carbocycles. The van der Waals surface area contributed by atoms with E-state index in [2.05, 4.69) is 17.2 Å². The third-order valence-electron chi connectivity index (χ3n) is 6.12. The van der Waals surface area contributed by atoms with Gasteiger partial charge in [-0.25, -0.2) is 9.78 Å². The van der Waals surface area contributed by atoms with Crippen LogP contribution in [0.15, 0.2) is 12.4 Å². The monoisotopic (exact) mass is 405 g/mol. The van der Waals surface area contributed by atoms with Crippen molar-refractivity contribution in [2.75, 3.05) is 45.9 Å². The summed E-state index contributed by atoms with van der Waals surface area (Å²) < 4.78 is 13.9. The molecule has 160 valence electrons. The summed E-state index contributed by atoms with van der Waals surface area (Å²) in [5.74, 6) is 0.890. The smallest absolute Gasteiger partial charge is 0.317 e. The Morgan fingerprint density at radius 1 is 1.21 bits per heavy atom. The van der Waals surface area contributed by atoms with Crippen LogP contribution in [0.4, 0.5) is 4.79 Å². The second-order valence-corrected chi connectivity index (χ2v) is 8.01. The molecule has 3 amide bonds. The largest absolute Gasteiger partial charge is 0.378 e. The van der Waals surface area contributed by atoms with Crippen LogP contribution in [-0.4, -0.2) is 83.3 Å². The molecule has 0 radical (unpaired) electrons. The highest BCUT2D eigenvalue weighted by molar-refractivity contribution is 5.81. The summed E-state index contributed by atoms with van der Waals surface area (Å²) in [7, 11) is 0. The van der Waals surface area contributed by atoms with Gasteiger partial charge in [0.15, 0.2) is 6.10 Å². The van der Waals surface area contributed by atoms with Crippen molar-refractivity contribution < 1.29 is 19.1 Å². The molecule has 2 saturated heterocycles. The van der Waals surface area contributed by atoms with Crippen molar-refractivity contribution in [3.63, 3.8) is 0 Å². The van der Waals surface area contributed by atoms with Crippen LogP contribution in [0.1, 0.15) is 38.4 Å². The Morgan fingerprint density at radius 3 is 2.69 bits per heavy atom. The van der Waals surface area contributed by atoms with Gasteiger partial charge in [0.05, 0.1) is 19.8 Å². The zero-order valence-corrected chi connectivity index (χ0v) is 17.1. The second kappa shape index (κ2) is 8.71. The average molecular weight is 405 g/mol. The molecule has 0 bridgehead atoms. The van der Waals surface area contributed by atoms with E-state index in [1.165, 1.54) is 0 Å². The number of aromatic nitrogens is 2. The predicted octanol–water partition coefficient (Wildman–Crippen LogP) is 0.942. The van der Waals surface area contributed by atoms with E-state index in [0.29, 0.717) is 65.3 Å². The lowest BCUT2D eigenvalue weighted by Crippen LogP contribution is -2.57. The third-order valence-corrected chi connectivity index (χ3v) is 6.12. The number of rotatable bonds is 4. The topological polar surface area (TPSA) is 88.9 Å². The summed E-state index contributed by atoms with van der Waals surface area (Å²) in [6.45, 7) is 6.81. The van der Waals surface area contributed by atoms with E-state index in [1.807, 2.05) is 20.6 Å². The van der Waals surface area contributed by atoms with Gasteiger partial charge in [0.1, 0.15) is 11.4 Å². The second-order valence-electron chi connectivity index (χ2n) is 8.01. The normalized spacial score (nSPS) is 23.7. The first kappa shape index (κ1) is 20.2. The molecule has 1 atom stereocenters. The molecule has 0 saturated carbocycles. The van der Waals surface area contributed by atoms with E-state index in [-0.39, 0.29) is 11.9 Å². The number of piperidine rings is 1. The number of amides is 3. The molecule has 9 heteroatoms. The van der Waals surface area contributed by atoms with Gasteiger partial charge in [0.2, 0.25) is 0 Å². The molecule has 0 aliphatic carbocycles. The molecule has 3 aliphatic heterocycles. The lowest BCUT2D eigenvalue weighted by atomic mass is 9.88. The van der Waals surface area contributed by atoms with Gasteiger partial charge < -0.3 is 29.2 Å². The Balaban J connectivity index is 1.44. The number of nitrogens with zero attached hydrogens (tertiary/aromatic N) is 4. The number of carbonyl (C=O) groups excluding carboxylic acids is 2.